The number of rotatable bonds is 0. The van der Waals surface area contributed by atoms with Gasteiger partial charge in [-0.15, -0.1) is 0 Å². The second-order valence-electron chi connectivity index (χ2n) is 11.6. The Balaban J connectivity index is 1.49. The van der Waals surface area contributed by atoms with Crippen LogP contribution in [0.25, 0.3) is 0 Å². The topological polar surface area (TPSA) is 0 Å². The van der Waals surface area contributed by atoms with Crippen LogP contribution in [0.4, 0.5) is 0 Å². The van der Waals surface area contributed by atoms with Gasteiger partial charge in [-0.25, -0.2) is 0 Å². The molecule has 12 saturated carbocycles. The fourth-order valence-corrected chi connectivity index (χ4v) is 17.1. The van der Waals surface area contributed by atoms with Crippen molar-refractivity contribution in [3.63, 3.8) is 0 Å². The van der Waals surface area contributed by atoms with Crippen molar-refractivity contribution in [2.24, 2.45) is 112 Å². The van der Waals surface area contributed by atoms with Gasteiger partial charge in [0.05, 0.1) is 0 Å². The molecule has 12 fully saturated rings. The van der Waals surface area contributed by atoms with Gasteiger partial charge in [-0.05, 0) is 112 Å². The first-order valence-corrected chi connectivity index (χ1v) is 10.8. The Hall–Kier alpha value is 0.480. The average molecular weight is 339 g/mol. The Kier molecular flexibility index (Phi) is 0.835. The van der Waals surface area contributed by atoms with Gasteiger partial charge in [-0.2, -0.15) is 0 Å². The van der Waals surface area contributed by atoms with E-state index in [1.807, 2.05) is 0 Å². The molecule has 8 unspecified atom stereocenters. The molecule has 0 aliphatic heterocycles. The molecule has 0 heterocycles. The van der Waals surface area contributed by atoms with Gasteiger partial charge in [-0.3, -0.25) is 0 Å². The van der Waals surface area contributed by atoms with Gasteiger partial charge in [0.1, 0.15) is 0 Å². The fourth-order valence-electron chi connectivity index (χ4n) is 15.3. The summed E-state index contributed by atoms with van der Waals surface area (Å²) in [5.41, 5.74) is 0. The first-order chi connectivity index (χ1) is 10.4. The highest BCUT2D eigenvalue weighted by molar-refractivity contribution is 9.10. The van der Waals surface area contributed by atoms with Gasteiger partial charge in [0, 0.05) is 4.32 Å². The summed E-state index contributed by atoms with van der Waals surface area (Å²) < 4.78 is 0.713. The van der Waals surface area contributed by atoms with Crippen LogP contribution in [-0.4, -0.2) is 4.32 Å². The van der Waals surface area contributed by atoms with E-state index >= 15 is 0 Å². The van der Waals surface area contributed by atoms with Gasteiger partial charge in [0.2, 0.25) is 0 Å². The predicted octanol–water partition coefficient (Wildman–Crippen LogP) is 2.98. The van der Waals surface area contributed by atoms with Crippen LogP contribution in [-0.2, 0) is 0 Å². The van der Waals surface area contributed by atoms with Gasteiger partial charge in [-0.1, -0.05) is 15.9 Å². The number of hydrogen-bond donors (Lipinski definition) is 0. The molecule has 0 amide bonds. The van der Waals surface area contributed by atoms with E-state index in [1.165, 1.54) is 112 Å². The van der Waals surface area contributed by atoms with E-state index in [1.54, 1.807) is 0 Å². The third kappa shape index (κ3) is 0.437. The minimum Gasteiger partial charge on any atom is -0.0844 e. The molecule has 21 heavy (non-hydrogen) atoms. The molecular formula is C20H19Br. The molecule has 0 aromatic heterocycles. The minimum atomic E-state index is 0.713. The summed E-state index contributed by atoms with van der Waals surface area (Å²) in [6.07, 6.45) is 0. The fraction of sp³-hybridized carbons (Fsp3) is 1.00. The summed E-state index contributed by atoms with van der Waals surface area (Å²) in [5, 5.41) is 0. The molecule has 0 spiro atoms. The second-order valence-corrected chi connectivity index (χ2v) is 13.0. The van der Waals surface area contributed by atoms with E-state index < -0.39 is 0 Å². The second kappa shape index (κ2) is 1.93. The summed E-state index contributed by atoms with van der Waals surface area (Å²) in [6.45, 7) is 0. The van der Waals surface area contributed by atoms with Crippen LogP contribution in [0.3, 0.4) is 0 Å². The lowest BCUT2D eigenvalue weighted by molar-refractivity contribution is 0.198. The van der Waals surface area contributed by atoms with Crippen LogP contribution in [0.2, 0.25) is 0 Å². The molecule has 0 aromatic carbocycles. The maximum Gasteiger partial charge on any atom is 0.0359 e. The van der Waals surface area contributed by atoms with Gasteiger partial charge in [0.25, 0.3) is 0 Å². The SMILES string of the molecule is BrC12C3[C@@H]4[C@@H]5C6C7C8[C@@H]9[C@@H]6[C@@H]4C1[C@H]9[C@H]1C2[C@H]2[C@@H](C7[C@@H]5[C@@H]32)[C@H]81. The van der Waals surface area contributed by atoms with Crippen molar-refractivity contribution >= 4 is 15.9 Å². The highest BCUT2D eigenvalue weighted by atomic mass is 79.9. The van der Waals surface area contributed by atoms with Gasteiger partial charge >= 0.3 is 0 Å². The van der Waals surface area contributed by atoms with Crippen molar-refractivity contribution < 1.29 is 0 Å². The van der Waals surface area contributed by atoms with Crippen LogP contribution in [0.5, 0.6) is 0 Å². The number of alkyl halides is 1. The number of halogens is 1. The third-order valence-corrected chi connectivity index (χ3v) is 14.9. The molecule has 1 heteroatoms. The standard InChI is InChI=1S/C20H19Br/c21-20-17-11-5-2-1-3-7(5)13(17)15-9(3)10-4(1)8-6(2)12(11)18(20)14(8)16(10)19(15)20/h1-19H/t1?,2?,3?,4?,5-,6-,7-,8+,9+,10+,11-,12+,13-,14+,15+,16-,17?,18?,19?,20?/m0/s1. The zero-order valence-corrected chi connectivity index (χ0v) is 13.4. The van der Waals surface area contributed by atoms with E-state index in [9.17, 15) is 0 Å². The van der Waals surface area contributed by atoms with E-state index in [0.717, 1.165) is 0 Å². The van der Waals surface area contributed by atoms with Gasteiger partial charge < -0.3 is 0 Å². The quantitative estimate of drug-likeness (QED) is 0.595. The summed E-state index contributed by atoms with van der Waals surface area (Å²) >= 11 is 4.62. The average Bonchev–Trinajstić information content (AvgIpc) is 3.10. The normalized spacial score (nSPS) is 107. The molecule has 12 aliphatic rings. The zero-order valence-electron chi connectivity index (χ0n) is 11.8. The molecule has 0 bridgehead atoms. The van der Waals surface area contributed by atoms with Crippen LogP contribution < -0.4 is 0 Å². The largest absolute Gasteiger partial charge is 0.0844 e. The van der Waals surface area contributed by atoms with Crippen molar-refractivity contribution in [3.05, 3.63) is 0 Å². The Labute approximate surface area is 132 Å². The Morgan fingerprint density at radius 3 is 0.762 bits per heavy atom. The Morgan fingerprint density at radius 2 is 0.524 bits per heavy atom. The molecule has 0 nitrogen and oxygen atoms in total. The van der Waals surface area contributed by atoms with E-state index in [0.29, 0.717) is 4.32 Å². The third-order valence-electron chi connectivity index (χ3n) is 13.4. The minimum absolute atomic E-state index is 0.713. The maximum absolute atomic E-state index is 4.62. The first-order valence-electron chi connectivity index (χ1n) is 10.1. The van der Waals surface area contributed by atoms with Crippen molar-refractivity contribution in [3.8, 4) is 0 Å². The van der Waals surface area contributed by atoms with Crippen LogP contribution in [0.15, 0.2) is 0 Å². The number of hydrogen-bond acceptors (Lipinski definition) is 0. The molecular weight excluding hydrogens is 320 g/mol. The summed E-state index contributed by atoms with van der Waals surface area (Å²) in [4.78, 5) is 0. The highest BCUT2D eigenvalue weighted by Gasteiger charge is 3.01. The maximum atomic E-state index is 4.62. The molecule has 20 atom stereocenters. The summed E-state index contributed by atoms with van der Waals surface area (Å²) in [6, 6.07) is 0. The molecule has 0 N–H and O–H groups in total. The highest BCUT2D eigenvalue weighted by Crippen LogP contribution is 3.03. The molecule has 0 saturated heterocycles. The van der Waals surface area contributed by atoms with E-state index in [-0.39, 0.29) is 0 Å². The smallest absolute Gasteiger partial charge is 0.0359 e. The summed E-state index contributed by atoms with van der Waals surface area (Å²) in [5.74, 6) is 24.0. The van der Waals surface area contributed by atoms with Crippen LogP contribution in [0, 0.1) is 112 Å². The van der Waals surface area contributed by atoms with Crippen molar-refractivity contribution in [1.29, 1.82) is 0 Å². The zero-order chi connectivity index (χ0) is 12.5. The Morgan fingerprint density at radius 1 is 0.333 bits per heavy atom. The van der Waals surface area contributed by atoms with E-state index in [2.05, 4.69) is 15.9 Å². The molecule has 0 radical (unpaired) electrons. The van der Waals surface area contributed by atoms with Gasteiger partial charge in [0.15, 0.2) is 0 Å². The molecule has 12 rings (SSSR count). The summed E-state index contributed by atoms with van der Waals surface area (Å²) in [7, 11) is 0. The van der Waals surface area contributed by atoms with Crippen molar-refractivity contribution in [2.75, 3.05) is 0 Å². The van der Waals surface area contributed by atoms with Crippen molar-refractivity contribution in [1.82, 2.24) is 0 Å². The van der Waals surface area contributed by atoms with Crippen LogP contribution >= 0.6 is 15.9 Å². The monoisotopic (exact) mass is 338 g/mol. The molecule has 12 aliphatic carbocycles. The lowest BCUT2D eigenvalue weighted by Crippen LogP contribution is -2.36. The predicted molar refractivity (Wildman–Crippen MR) is 78.0 cm³/mol. The molecule has 106 valence electrons. The first kappa shape index (κ1) is 9.09. The lowest BCUT2D eigenvalue weighted by atomic mass is 9.77. The Bertz CT molecular complexity index is 611. The van der Waals surface area contributed by atoms with Crippen LogP contribution in [0.1, 0.15) is 0 Å². The lowest BCUT2D eigenvalue weighted by Gasteiger charge is -2.34. The molecule has 0 aromatic rings. The van der Waals surface area contributed by atoms with Crippen molar-refractivity contribution in [2.45, 2.75) is 4.32 Å². The van der Waals surface area contributed by atoms with E-state index in [4.69, 9.17) is 0 Å².